The number of amides is 1. The second kappa shape index (κ2) is 9.68. The van der Waals surface area contributed by atoms with Crippen LogP contribution in [0.3, 0.4) is 0 Å². The van der Waals surface area contributed by atoms with Crippen molar-refractivity contribution in [1.82, 2.24) is 39.6 Å². The zero-order chi connectivity index (χ0) is 20.9. The Hall–Kier alpha value is -2.29. The molecule has 1 amide bonds. The van der Waals surface area contributed by atoms with E-state index in [1.165, 1.54) is 19.3 Å². The Kier molecular flexibility index (Phi) is 6.76. The third-order valence-electron chi connectivity index (χ3n) is 6.71. The summed E-state index contributed by atoms with van der Waals surface area (Å²) in [6.45, 7) is 9.14. The van der Waals surface area contributed by atoms with E-state index in [9.17, 15) is 4.79 Å². The van der Waals surface area contributed by atoms with Crippen LogP contribution in [0.4, 0.5) is 0 Å². The summed E-state index contributed by atoms with van der Waals surface area (Å²) in [7, 11) is 0. The monoisotopic (exact) mass is 414 g/mol. The zero-order valence-electron chi connectivity index (χ0n) is 18.3. The normalized spacial score (nSPS) is 21.3. The lowest BCUT2D eigenvalue weighted by Gasteiger charge is -2.36. The average molecular weight is 415 g/mol. The molecule has 2 saturated heterocycles. The molecule has 2 aliphatic heterocycles. The van der Waals surface area contributed by atoms with Gasteiger partial charge in [-0.2, -0.15) is 0 Å². The molecular formula is C21H34N8O. The molecule has 1 atom stereocenters. The Bertz CT molecular complexity index is 823. The fourth-order valence-corrected chi connectivity index (χ4v) is 4.66. The number of imidazole rings is 1. The molecule has 1 unspecified atom stereocenters. The number of aromatic nitrogens is 6. The van der Waals surface area contributed by atoms with Crippen LogP contribution in [-0.4, -0.2) is 71.1 Å². The van der Waals surface area contributed by atoms with E-state index < -0.39 is 0 Å². The van der Waals surface area contributed by atoms with E-state index in [-0.39, 0.29) is 18.5 Å². The van der Waals surface area contributed by atoms with E-state index in [1.807, 2.05) is 19.3 Å². The van der Waals surface area contributed by atoms with Gasteiger partial charge in [-0.3, -0.25) is 9.69 Å². The molecule has 2 aromatic heterocycles. The Morgan fingerprint density at radius 2 is 2.00 bits per heavy atom. The second-order valence-corrected chi connectivity index (χ2v) is 8.90. The highest BCUT2D eigenvalue weighted by atomic mass is 16.2. The van der Waals surface area contributed by atoms with Crippen LogP contribution in [0.15, 0.2) is 12.4 Å². The Balaban J connectivity index is 1.35. The van der Waals surface area contributed by atoms with Gasteiger partial charge in [-0.25, -0.2) is 9.67 Å². The maximum absolute atomic E-state index is 13.2. The van der Waals surface area contributed by atoms with Gasteiger partial charge in [0.25, 0.3) is 0 Å². The van der Waals surface area contributed by atoms with Gasteiger partial charge in [0.1, 0.15) is 12.4 Å². The second-order valence-electron chi connectivity index (χ2n) is 8.90. The maximum atomic E-state index is 13.2. The van der Waals surface area contributed by atoms with Gasteiger partial charge in [-0.15, -0.1) is 5.10 Å². The van der Waals surface area contributed by atoms with Gasteiger partial charge < -0.3 is 9.47 Å². The average Bonchev–Trinajstić information content (AvgIpc) is 3.37. The lowest BCUT2D eigenvalue weighted by molar-refractivity contribution is -0.136. The summed E-state index contributed by atoms with van der Waals surface area (Å²) in [4.78, 5) is 21.9. The number of hydrogen-bond acceptors (Lipinski definition) is 6. The van der Waals surface area contributed by atoms with E-state index in [2.05, 4.69) is 41.8 Å². The number of aryl methyl sites for hydroxylation is 2. The minimum absolute atomic E-state index is 0.128. The molecule has 0 spiro atoms. The zero-order valence-corrected chi connectivity index (χ0v) is 18.3. The van der Waals surface area contributed by atoms with Crippen LogP contribution in [-0.2, 0) is 24.4 Å². The van der Waals surface area contributed by atoms with Gasteiger partial charge in [-0.1, -0.05) is 6.92 Å². The summed E-state index contributed by atoms with van der Waals surface area (Å²) in [6.07, 6.45) is 10.5. The van der Waals surface area contributed by atoms with E-state index in [0.29, 0.717) is 0 Å². The molecule has 0 radical (unpaired) electrons. The smallest absolute Gasteiger partial charge is 0.244 e. The number of nitrogens with zero attached hydrogens (tertiary/aromatic N) is 8. The van der Waals surface area contributed by atoms with Crippen LogP contribution in [0.5, 0.6) is 0 Å². The highest BCUT2D eigenvalue weighted by molar-refractivity contribution is 5.76. The lowest BCUT2D eigenvalue weighted by atomic mass is 9.99. The summed E-state index contributed by atoms with van der Waals surface area (Å²) in [5, 5.41) is 12.2. The van der Waals surface area contributed by atoms with Crippen LogP contribution in [0, 0.1) is 12.8 Å². The molecule has 30 heavy (non-hydrogen) atoms. The predicted octanol–water partition coefficient (Wildman–Crippen LogP) is 1.88. The largest absolute Gasteiger partial charge is 0.338 e. The van der Waals surface area contributed by atoms with Crippen molar-refractivity contribution in [2.45, 2.75) is 78.0 Å². The lowest BCUT2D eigenvalue weighted by Crippen LogP contribution is -2.46. The van der Waals surface area contributed by atoms with Crippen molar-refractivity contribution in [3.05, 3.63) is 24.0 Å². The third kappa shape index (κ3) is 5.06. The Labute approximate surface area is 178 Å². The number of likely N-dealkylation sites (tertiary alicyclic amines) is 2. The van der Waals surface area contributed by atoms with Crippen molar-refractivity contribution in [3.8, 4) is 0 Å². The van der Waals surface area contributed by atoms with Gasteiger partial charge in [0.2, 0.25) is 5.91 Å². The van der Waals surface area contributed by atoms with Crippen molar-refractivity contribution < 1.29 is 4.79 Å². The van der Waals surface area contributed by atoms with E-state index in [4.69, 9.17) is 0 Å². The molecule has 164 valence electrons. The van der Waals surface area contributed by atoms with Crippen LogP contribution in [0.1, 0.15) is 57.1 Å². The summed E-state index contributed by atoms with van der Waals surface area (Å²) in [6, 6.07) is 0.275. The van der Waals surface area contributed by atoms with Gasteiger partial charge >= 0.3 is 0 Å². The summed E-state index contributed by atoms with van der Waals surface area (Å²) < 4.78 is 3.86. The van der Waals surface area contributed by atoms with Gasteiger partial charge in [0.05, 0.1) is 6.54 Å². The summed E-state index contributed by atoms with van der Waals surface area (Å²) in [5.41, 5.74) is 0. The molecule has 2 aliphatic rings. The predicted molar refractivity (Wildman–Crippen MR) is 112 cm³/mol. The van der Waals surface area contributed by atoms with Gasteiger partial charge in [-0.05, 0) is 74.9 Å². The fraction of sp³-hybridized carbons (Fsp3) is 0.762. The van der Waals surface area contributed by atoms with Gasteiger partial charge in [0, 0.05) is 31.5 Å². The maximum Gasteiger partial charge on any atom is 0.244 e. The Morgan fingerprint density at radius 1 is 1.17 bits per heavy atom. The highest BCUT2D eigenvalue weighted by Gasteiger charge is 2.28. The van der Waals surface area contributed by atoms with Crippen molar-refractivity contribution >= 4 is 5.91 Å². The third-order valence-corrected chi connectivity index (χ3v) is 6.71. The molecule has 0 N–H and O–H groups in total. The van der Waals surface area contributed by atoms with Crippen molar-refractivity contribution in [2.75, 3.05) is 19.6 Å². The van der Waals surface area contributed by atoms with Crippen molar-refractivity contribution in [2.24, 2.45) is 5.92 Å². The number of rotatable bonds is 7. The SMILES string of the molecule is Cc1nccn1CCC1CCCCN1C(=O)Cn1nnnc1CN1CCC(C)CC1. The molecule has 0 aliphatic carbocycles. The van der Waals surface area contributed by atoms with Crippen LogP contribution >= 0.6 is 0 Å². The molecule has 0 aromatic carbocycles. The first-order valence-electron chi connectivity index (χ1n) is 11.3. The van der Waals surface area contributed by atoms with Crippen LogP contribution in [0.25, 0.3) is 0 Å². The minimum atomic E-state index is 0.128. The molecule has 2 fully saturated rings. The first-order chi connectivity index (χ1) is 14.6. The van der Waals surface area contributed by atoms with E-state index >= 15 is 0 Å². The molecule has 2 aromatic rings. The molecular weight excluding hydrogens is 380 g/mol. The van der Waals surface area contributed by atoms with Crippen LogP contribution in [0.2, 0.25) is 0 Å². The molecule has 0 bridgehead atoms. The van der Waals surface area contributed by atoms with E-state index in [1.54, 1.807) is 4.68 Å². The fourth-order valence-electron chi connectivity index (χ4n) is 4.66. The Morgan fingerprint density at radius 3 is 2.77 bits per heavy atom. The molecule has 0 saturated carbocycles. The highest BCUT2D eigenvalue weighted by Crippen LogP contribution is 2.22. The van der Waals surface area contributed by atoms with E-state index in [0.717, 1.165) is 69.6 Å². The molecule has 4 heterocycles. The first-order valence-corrected chi connectivity index (χ1v) is 11.3. The number of carbonyl (C=O) groups is 1. The van der Waals surface area contributed by atoms with Crippen molar-refractivity contribution in [3.63, 3.8) is 0 Å². The molecule has 4 rings (SSSR count). The summed E-state index contributed by atoms with van der Waals surface area (Å²) >= 11 is 0. The number of carbonyl (C=O) groups excluding carboxylic acids is 1. The summed E-state index contributed by atoms with van der Waals surface area (Å²) in [5.74, 6) is 2.73. The van der Waals surface area contributed by atoms with Gasteiger partial charge in [0.15, 0.2) is 5.82 Å². The number of piperidine rings is 2. The first kappa shape index (κ1) is 21.0. The van der Waals surface area contributed by atoms with Crippen molar-refractivity contribution in [1.29, 1.82) is 0 Å². The molecule has 9 nitrogen and oxygen atoms in total. The minimum Gasteiger partial charge on any atom is -0.338 e. The number of hydrogen-bond donors (Lipinski definition) is 0. The molecule has 9 heteroatoms. The van der Waals surface area contributed by atoms with Crippen LogP contribution < -0.4 is 0 Å². The standard InChI is InChI=1S/C21H34N8O/c1-17-6-11-26(12-7-17)15-20-23-24-25-29(20)16-21(30)28-10-4-3-5-19(28)8-13-27-14-9-22-18(27)2/h9,14,17,19H,3-8,10-13,15-16H2,1-2H3. The topological polar surface area (TPSA) is 85.0 Å². The quantitative estimate of drug-likeness (QED) is 0.688. The number of tetrazole rings is 1.